The van der Waals surface area contributed by atoms with Gasteiger partial charge in [0.2, 0.25) is 0 Å². The molecule has 76 valence electrons. The minimum absolute atomic E-state index is 0.250. The molecule has 0 fully saturated rings. The summed E-state index contributed by atoms with van der Waals surface area (Å²) >= 11 is 5.51. The third-order valence-electron chi connectivity index (χ3n) is 1.54. The topological polar surface area (TPSA) is 26.3 Å². The van der Waals surface area contributed by atoms with E-state index in [9.17, 15) is 4.79 Å². The van der Waals surface area contributed by atoms with Crippen LogP contribution in [0.2, 0.25) is 0 Å². The maximum absolute atomic E-state index is 10.8. The molecule has 0 unspecified atom stereocenters. The Bertz CT molecular complexity index is 155. The molecule has 0 heterocycles. The first-order valence-corrected chi connectivity index (χ1v) is 5.24. The first kappa shape index (κ1) is 12.5. The number of hydrogen-bond donors (Lipinski definition) is 0. The largest absolute Gasteiger partial charge is 0.463 e. The van der Waals surface area contributed by atoms with Crippen molar-refractivity contribution in [3.05, 3.63) is 12.2 Å². The van der Waals surface area contributed by atoms with Gasteiger partial charge >= 0.3 is 5.97 Å². The molecule has 0 atom stereocenters. The van der Waals surface area contributed by atoms with Crippen molar-refractivity contribution in [1.82, 2.24) is 0 Å². The van der Waals surface area contributed by atoms with E-state index in [1.54, 1.807) is 6.92 Å². The second-order valence-electron chi connectivity index (χ2n) is 2.69. The lowest BCUT2D eigenvalue weighted by Crippen LogP contribution is -1.98. The number of ether oxygens (including phenoxy) is 1. The lowest BCUT2D eigenvalue weighted by Gasteiger charge is -1.95. The number of esters is 1. The first-order valence-electron chi connectivity index (χ1n) is 4.70. The van der Waals surface area contributed by atoms with E-state index in [0.717, 1.165) is 31.6 Å². The van der Waals surface area contributed by atoms with E-state index in [1.165, 1.54) is 6.08 Å². The van der Waals surface area contributed by atoms with Gasteiger partial charge in [-0.2, -0.15) is 0 Å². The van der Waals surface area contributed by atoms with Crippen LogP contribution in [0.3, 0.4) is 0 Å². The molecule has 13 heavy (non-hydrogen) atoms. The molecule has 0 aliphatic heterocycles. The van der Waals surface area contributed by atoms with Crippen LogP contribution in [-0.2, 0) is 9.53 Å². The Hall–Kier alpha value is -0.500. The van der Waals surface area contributed by atoms with Crippen LogP contribution in [0.1, 0.15) is 32.6 Å². The summed E-state index contributed by atoms with van der Waals surface area (Å²) in [4.78, 5) is 10.8. The minimum atomic E-state index is -0.250. The molecule has 0 rings (SSSR count). The highest BCUT2D eigenvalue weighted by molar-refractivity contribution is 6.17. The van der Waals surface area contributed by atoms with Crippen molar-refractivity contribution in [2.24, 2.45) is 0 Å². The highest BCUT2D eigenvalue weighted by Gasteiger charge is 1.91. The lowest BCUT2D eigenvalue weighted by molar-refractivity contribution is -0.137. The van der Waals surface area contributed by atoms with Crippen LogP contribution >= 0.6 is 11.6 Å². The molecular weight excluding hydrogens is 188 g/mol. The van der Waals surface area contributed by atoms with Gasteiger partial charge in [-0.05, 0) is 26.2 Å². The lowest BCUT2D eigenvalue weighted by atomic mass is 10.2. The summed E-state index contributed by atoms with van der Waals surface area (Å²) in [5, 5.41) is 0. The van der Waals surface area contributed by atoms with Crippen molar-refractivity contribution in [3.8, 4) is 0 Å². The number of unbranched alkanes of at least 4 members (excludes halogenated alkanes) is 3. The molecule has 0 saturated carbocycles. The monoisotopic (exact) mass is 204 g/mol. The second kappa shape index (κ2) is 9.59. The zero-order valence-electron chi connectivity index (χ0n) is 8.09. The van der Waals surface area contributed by atoms with E-state index in [2.05, 4.69) is 0 Å². The Kier molecular flexibility index (Phi) is 9.22. The van der Waals surface area contributed by atoms with Crippen molar-refractivity contribution in [1.29, 1.82) is 0 Å². The Labute approximate surface area is 84.9 Å². The van der Waals surface area contributed by atoms with E-state index in [0.29, 0.717) is 6.61 Å². The van der Waals surface area contributed by atoms with Crippen molar-refractivity contribution >= 4 is 17.6 Å². The fourth-order valence-corrected chi connectivity index (χ4v) is 1.09. The number of hydrogen-bond acceptors (Lipinski definition) is 2. The number of halogens is 1. The number of carbonyl (C=O) groups is 1. The summed E-state index contributed by atoms with van der Waals surface area (Å²) in [7, 11) is 0. The molecule has 0 bridgehead atoms. The van der Waals surface area contributed by atoms with Crippen molar-refractivity contribution in [2.75, 3.05) is 12.5 Å². The molecular formula is C10H17ClO2. The third kappa shape index (κ3) is 9.41. The fourth-order valence-electron chi connectivity index (χ4n) is 0.903. The second-order valence-corrected chi connectivity index (χ2v) is 3.07. The summed E-state index contributed by atoms with van der Waals surface area (Å²) in [6, 6.07) is 0. The molecule has 2 nitrogen and oxygen atoms in total. The summed E-state index contributed by atoms with van der Waals surface area (Å²) in [6.07, 6.45) is 7.53. The summed E-state index contributed by atoms with van der Waals surface area (Å²) < 4.78 is 4.72. The van der Waals surface area contributed by atoms with Gasteiger partial charge in [0.1, 0.15) is 0 Å². The molecule has 0 aliphatic carbocycles. The Morgan fingerprint density at radius 1 is 1.38 bits per heavy atom. The molecule has 0 aromatic rings. The van der Waals surface area contributed by atoms with Gasteiger partial charge in [-0.25, -0.2) is 4.79 Å². The molecule has 0 N–H and O–H groups in total. The van der Waals surface area contributed by atoms with Gasteiger partial charge in [-0.1, -0.05) is 12.5 Å². The SMILES string of the molecule is CCOC(=O)/C=C/CCCCCCl. The summed E-state index contributed by atoms with van der Waals surface area (Å²) in [5.41, 5.74) is 0. The van der Waals surface area contributed by atoms with Gasteiger partial charge in [-0.3, -0.25) is 0 Å². The molecule has 0 saturated heterocycles. The highest BCUT2D eigenvalue weighted by atomic mass is 35.5. The molecule has 0 aliphatic rings. The van der Waals surface area contributed by atoms with Gasteiger partial charge in [0, 0.05) is 12.0 Å². The summed E-state index contributed by atoms with van der Waals surface area (Å²) in [5.74, 6) is 0.474. The van der Waals surface area contributed by atoms with Crippen LogP contribution in [0.15, 0.2) is 12.2 Å². The average molecular weight is 205 g/mol. The first-order chi connectivity index (χ1) is 6.31. The standard InChI is InChI=1S/C10H17ClO2/c1-2-13-10(12)8-6-4-3-5-7-9-11/h6,8H,2-5,7,9H2,1H3/b8-6+. The van der Waals surface area contributed by atoms with E-state index in [-0.39, 0.29) is 5.97 Å². The molecule has 3 heteroatoms. The van der Waals surface area contributed by atoms with Gasteiger partial charge in [0.25, 0.3) is 0 Å². The van der Waals surface area contributed by atoms with Gasteiger partial charge in [0.15, 0.2) is 0 Å². The molecule has 0 amide bonds. The van der Waals surface area contributed by atoms with Gasteiger partial charge in [0.05, 0.1) is 6.61 Å². The number of allylic oxidation sites excluding steroid dienone is 1. The van der Waals surface area contributed by atoms with Crippen LogP contribution in [0, 0.1) is 0 Å². The maximum atomic E-state index is 10.8. The average Bonchev–Trinajstić information content (AvgIpc) is 2.11. The van der Waals surface area contributed by atoms with Crippen LogP contribution < -0.4 is 0 Å². The fraction of sp³-hybridized carbons (Fsp3) is 0.700. The maximum Gasteiger partial charge on any atom is 0.330 e. The van der Waals surface area contributed by atoms with Gasteiger partial charge in [-0.15, -0.1) is 11.6 Å². The van der Waals surface area contributed by atoms with E-state index in [4.69, 9.17) is 16.3 Å². The Morgan fingerprint density at radius 3 is 2.77 bits per heavy atom. The van der Waals surface area contributed by atoms with Crippen LogP contribution in [0.5, 0.6) is 0 Å². The van der Waals surface area contributed by atoms with Crippen molar-refractivity contribution in [2.45, 2.75) is 32.6 Å². The van der Waals surface area contributed by atoms with Crippen molar-refractivity contribution < 1.29 is 9.53 Å². The third-order valence-corrected chi connectivity index (χ3v) is 1.81. The Balaban J connectivity index is 3.25. The zero-order valence-corrected chi connectivity index (χ0v) is 8.85. The minimum Gasteiger partial charge on any atom is -0.463 e. The number of rotatable bonds is 7. The smallest absolute Gasteiger partial charge is 0.330 e. The van der Waals surface area contributed by atoms with E-state index < -0.39 is 0 Å². The van der Waals surface area contributed by atoms with E-state index >= 15 is 0 Å². The quantitative estimate of drug-likeness (QED) is 0.276. The highest BCUT2D eigenvalue weighted by Crippen LogP contribution is 2.01. The molecule has 0 radical (unpaired) electrons. The number of alkyl halides is 1. The van der Waals surface area contributed by atoms with Crippen molar-refractivity contribution in [3.63, 3.8) is 0 Å². The van der Waals surface area contributed by atoms with Crippen LogP contribution in [0.25, 0.3) is 0 Å². The van der Waals surface area contributed by atoms with Crippen LogP contribution in [0.4, 0.5) is 0 Å². The molecule has 0 aromatic carbocycles. The van der Waals surface area contributed by atoms with Gasteiger partial charge < -0.3 is 4.74 Å². The predicted molar refractivity (Wildman–Crippen MR) is 55.0 cm³/mol. The molecule has 0 aromatic heterocycles. The normalized spacial score (nSPS) is 10.6. The Morgan fingerprint density at radius 2 is 2.15 bits per heavy atom. The predicted octanol–water partition coefficient (Wildman–Crippen LogP) is 2.90. The molecule has 0 spiro atoms. The van der Waals surface area contributed by atoms with Crippen LogP contribution in [-0.4, -0.2) is 18.5 Å². The van der Waals surface area contributed by atoms with E-state index in [1.807, 2.05) is 6.08 Å². The summed E-state index contributed by atoms with van der Waals surface area (Å²) in [6.45, 7) is 2.24. The number of carbonyl (C=O) groups excluding carboxylic acids is 1. The zero-order chi connectivity index (χ0) is 9.94.